The van der Waals surface area contributed by atoms with Crippen molar-refractivity contribution in [2.75, 3.05) is 11.9 Å². The van der Waals surface area contributed by atoms with Crippen molar-refractivity contribution in [1.29, 1.82) is 0 Å². The fourth-order valence-electron chi connectivity index (χ4n) is 2.06. The Hall–Kier alpha value is -2.87. The van der Waals surface area contributed by atoms with Crippen LogP contribution in [0.2, 0.25) is 0 Å². The summed E-state index contributed by atoms with van der Waals surface area (Å²) in [5, 5.41) is 6.36. The van der Waals surface area contributed by atoms with Gasteiger partial charge >= 0.3 is 0 Å². The highest BCUT2D eigenvalue weighted by Crippen LogP contribution is 2.14. The van der Waals surface area contributed by atoms with E-state index in [2.05, 4.69) is 29.1 Å². The van der Waals surface area contributed by atoms with Gasteiger partial charge in [-0.25, -0.2) is 4.83 Å². The Morgan fingerprint density at radius 3 is 2.30 bits per heavy atom. The number of carbonyl (C=O) groups is 1. The molecule has 0 radical (unpaired) electrons. The number of sulfonamides is 1. The molecule has 0 saturated carbocycles. The quantitative estimate of drug-likeness (QED) is 0.536. The van der Waals surface area contributed by atoms with Crippen LogP contribution in [0.1, 0.15) is 26.3 Å². The number of amides is 1. The smallest absolute Gasteiger partial charge is 0.276 e. The molecule has 2 aromatic rings. The Morgan fingerprint density at radius 2 is 1.74 bits per heavy atom. The summed E-state index contributed by atoms with van der Waals surface area (Å²) >= 11 is 0. The molecule has 0 atom stereocenters. The predicted molar refractivity (Wildman–Crippen MR) is 105 cm³/mol. The molecule has 0 heterocycles. The summed E-state index contributed by atoms with van der Waals surface area (Å²) in [5.41, 5.74) is 1.25. The lowest BCUT2D eigenvalue weighted by Crippen LogP contribution is -2.18. The van der Waals surface area contributed by atoms with Gasteiger partial charge in [-0.2, -0.15) is 13.5 Å². The van der Waals surface area contributed by atoms with E-state index in [0.717, 1.165) is 11.3 Å². The highest BCUT2D eigenvalue weighted by Gasteiger charge is 2.12. The van der Waals surface area contributed by atoms with Crippen molar-refractivity contribution in [2.24, 2.45) is 11.0 Å². The summed E-state index contributed by atoms with van der Waals surface area (Å²) in [4.78, 5) is 13.2. The maximum atomic E-state index is 12.2. The second kappa shape index (κ2) is 9.18. The zero-order chi connectivity index (χ0) is 19.9. The van der Waals surface area contributed by atoms with Crippen LogP contribution in [0.25, 0.3) is 0 Å². The molecule has 0 bridgehead atoms. The van der Waals surface area contributed by atoms with Gasteiger partial charge in [0.1, 0.15) is 5.75 Å². The Kier molecular flexibility index (Phi) is 6.95. The number of carbonyl (C=O) groups excluding carboxylic acids is 1. The van der Waals surface area contributed by atoms with E-state index in [1.165, 1.54) is 37.4 Å². The highest BCUT2D eigenvalue weighted by molar-refractivity contribution is 7.89. The second-order valence-electron chi connectivity index (χ2n) is 6.33. The number of hydrazone groups is 1. The van der Waals surface area contributed by atoms with E-state index < -0.39 is 10.0 Å². The standard InChI is InChI=1S/C19H23N3O4S/c1-14(2)13-26-18-8-4-16(5-9-18)12-20-22-27(24,25)19-10-6-17(7-11-19)21-15(3)23/h4-12,14,22H,13H2,1-3H3,(H,21,23)/b20-12-. The molecule has 0 spiro atoms. The Morgan fingerprint density at radius 1 is 1.11 bits per heavy atom. The molecule has 7 nitrogen and oxygen atoms in total. The molecule has 1 amide bonds. The van der Waals surface area contributed by atoms with Crippen molar-refractivity contribution in [3.05, 3.63) is 54.1 Å². The molecule has 144 valence electrons. The fourth-order valence-corrected chi connectivity index (χ4v) is 2.85. The molecular formula is C19H23N3O4S. The molecule has 2 aromatic carbocycles. The molecule has 0 fully saturated rings. The van der Waals surface area contributed by atoms with Gasteiger partial charge in [-0.3, -0.25) is 4.79 Å². The van der Waals surface area contributed by atoms with Crippen LogP contribution in [-0.4, -0.2) is 27.1 Å². The number of nitrogens with one attached hydrogen (secondary N) is 2. The van der Waals surface area contributed by atoms with E-state index in [9.17, 15) is 13.2 Å². The molecular weight excluding hydrogens is 366 g/mol. The van der Waals surface area contributed by atoms with Crippen molar-refractivity contribution in [1.82, 2.24) is 4.83 Å². The van der Waals surface area contributed by atoms with Gasteiger partial charge in [0.25, 0.3) is 10.0 Å². The van der Waals surface area contributed by atoms with Gasteiger partial charge in [0.05, 0.1) is 17.7 Å². The van der Waals surface area contributed by atoms with Crippen LogP contribution in [0, 0.1) is 5.92 Å². The lowest BCUT2D eigenvalue weighted by atomic mass is 10.2. The molecule has 27 heavy (non-hydrogen) atoms. The monoisotopic (exact) mass is 389 g/mol. The molecule has 0 saturated heterocycles. The first-order chi connectivity index (χ1) is 12.8. The summed E-state index contributed by atoms with van der Waals surface area (Å²) in [6, 6.07) is 13.0. The first kappa shape index (κ1) is 20.4. The van der Waals surface area contributed by atoms with E-state index in [1.54, 1.807) is 24.3 Å². The number of hydrogen-bond acceptors (Lipinski definition) is 5. The first-order valence-electron chi connectivity index (χ1n) is 8.41. The Bertz CT molecular complexity index is 890. The molecule has 0 unspecified atom stereocenters. The zero-order valence-corrected chi connectivity index (χ0v) is 16.3. The minimum Gasteiger partial charge on any atom is -0.493 e. The summed E-state index contributed by atoms with van der Waals surface area (Å²) in [7, 11) is -3.79. The molecule has 2 N–H and O–H groups in total. The zero-order valence-electron chi connectivity index (χ0n) is 15.5. The van der Waals surface area contributed by atoms with Crippen molar-refractivity contribution in [2.45, 2.75) is 25.7 Å². The molecule has 8 heteroatoms. The average molecular weight is 389 g/mol. The SMILES string of the molecule is CC(=O)Nc1ccc(S(=O)(=O)N/N=C\c2ccc(OCC(C)C)cc2)cc1. The Balaban J connectivity index is 1.96. The van der Waals surface area contributed by atoms with Crippen LogP contribution in [-0.2, 0) is 14.8 Å². The molecule has 0 aliphatic carbocycles. The van der Waals surface area contributed by atoms with Crippen LogP contribution < -0.4 is 14.9 Å². The van der Waals surface area contributed by atoms with E-state index in [4.69, 9.17) is 4.74 Å². The van der Waals surface area contributed by atoms with E-state index in [1.807, 2.05) is 0 Å². The summed E-state index contributed by atoms with van der Waals surface area (Å²) in [6.07, 6.45) is 1.41. The van der Waals surface area contributed by atoms with Crippen molar-refractivity contribution >= 4 is 27.8 Å². The van der Waals surface area contributed by atoms with Gasteiger partial charge in [-0.05, 0) is 60.0 Å². The highest BCUT2D eigenvalue weighted by atomic mass is 32.2. The third kappa shape index (κ3) is 6.74. The van der Waals surface area contributed by atoms with Crippen LogP contribution in [0.3, 0.4) is 0 Å². The lowest BCUT2D eigenvalue weighted by molar-refractivity contribution is -0.114. The van der Waals surface area contributed by atoms with Crippen LogP contribution in [0.4, 0.5) is 5.69 Å². The second-order valence-corrected chi connectivity index (χ2v) is 7.99. The van der Waals surface area contributed by atoms with Gasteiger partial charge in [-0.1, -0.05) is 13.8 Å². The topological polar surface area (TPSA) is 96.9 Å². The van der Waals surface area contributed by atoms with E-state index in [0.29, 0.717) is 18.2 Å². The number of rotatable bonds is 8. The van der Waals surface area contributed by atoms with Crippen molar-refractivity contribution in [3.8, 4) is 5.75 Å². The number of anilines is 1. The summed E-state index contributed by atoms with van der Waals surface area (Å²) in [5.74, 6) is 0.961. The number of ether oxygens (including phenoxy) is 1. The van der Waals surface area contributed by atoms with Crippen LogP contribution in [0.5, 0.6) is 5.75 Å². The largest absolute Gasteiger partial charge is 0.493 e. The van der Waals surface area contributed by atoms with E-state index in [-0.39, 0.29) is 10.8 Å². The summed E-state index contributed by atoms with van der Waals surface area (Å²) < 4.78 is 30.0. The van der Waals surface area contributed by atoms with Gasteiger partial charge < -0.3 is 10.1 Å². The van der Waals surface area contributed by atoms with Gasteiger partial charge in [0.15, 0.2) is 0 Å². The van der Waals surface area contributed by atoms with Crippen molar-refractivity contribution in [3.63, 3.8) is 0 Å². The fraction of sp³-hybridized carbons (Fsp3) is 0.263. The minimum atomic E-state index is -3.79. The van der Waals surface area contributed by atoms with Crippen LogP contribution >= 0.6 is 0 Å². The Labute approximate surface area is 159 Å². The third-order valence-electron chi connectivity index (χ3n) is 3.33. The average Bonchev–Trinajstić information content (AvgIpc) is 2.61. The van der Waals surface area contributed by atoms with Crippen LogP contribution in [0.15, 0.2) is 58.5 Å². The first-order valence-corrected chi connectivity index (χ1v) is 9.90. The number of hydrogen-bond donors (Lipinski definition) is 2. The molecule has 0 aromatic heterocycles. The lowest BCUT2D eigenvalue weighted by Gasteiger charge is -2.08. The van der Waals surface area contributed by atoms with E-state index >= 15 is 0 Å². The minimum absolute atomic E-state index is 0.0474. The number of benzene rings is 2. The maximum Gasteiger partial charge on any atom is 0.276 e. The third-order valence-corrected chi connectivity index (χ3v) is 4.57. The van der Waals surface area contributed by atoms with Crippen molar-refractivity contribution < 1.29 is 17.9 Å². The number of nitrogens with zero attached hydrogens (tertiary/aromatic N) is 1. The molecule has 0 aliphatic heterocycles. The summed E-state index contributed by atoms with van der Waals surface area (Å²) in [6.45, 7) is 6.15. The predicted octanol–water partition coefficient (Wildman–Crippen LogP) is 2.99. The molecule has 0 aliphatic rings. The van der Waals surface area contributed by atoms with Gasteiger partial charge in [0, 0.05) is 12.6 Å². The molecule has 2 rings (SSSR count). The normalized spacial score (nSPS) is 11.6. The van der Waals surface area contributed by atoms with Gasteiger partial charge in [0.2, 0.25) is 5.91 Å². The van der Waals surface area contributed by atoms with Gasteiger partial charge in [-0.15, -0.1) is 0 Å². The maximum absolute atomic E-state index is 12.2.